The van der Waals surface area contributed by atoms with E-state index < -0.39 is 0 Å². The second-order valence-electron chi connectivity index (χ2n) is 5.92. The largest absolute Gasteiger partial charge is 0.497 e. The van der Waals surface area contributed by atoms with Gasteiger partial charge in [-0.1, -0.05) is 23.7 Å². The van der Waals surface area contributed by atoms with Crippen molar-refractivity contribution in [1.29, 1.82) is 0 Å². The second-order valence-corrected chi connectivity index (χ2v) is 6.36. The van der Waals surface area contributed by atoms with Crippen LogP contribution in [0.5, 0.6) is 11.5 Å². The van der Waals surface area contributed by atoms with Gasteiger partial charge in [-0.2, -0.15) is 0 Å². The molecule has 0 saturated carbocycles. The van der Waals surface area contributed by atoms with Crippen molar-refractivity contribution >= 4 is 23.4 Å². The van der Waals surface area contributed by atoms with E-state index in [0.29, 0.717) is 41.7 Å². The molecular formula is C20H23ClN2O4. The van der Waals surface area contributed by atoms with E-state index in [9.17, 15) is 9.59 Å². The van der Waals surface area contributed by atoms with Crippen molar-refractivity contribution < 1.29 is 19.1 Å². The number of hydrogen-bond acceptors (Lipinski definition) is 4. The van der Waals surface area contributed by atoms with E-state index in [-0.39, 0.29) is 11.8 Å². The van der Waals surface area contributed by atoms with Crippen LogP contribution in [-0.4, -0.2) is 44.0 Å². The number of halogens is 1. The average molecular weight is 391 g/mol. The van der Waals surface area contributed by atoms with Crippen LogP contribution >= 0.6 is 11.6 Å². The molecule has 0 atom stereocenters. The quantitative estimate of drug-likeness (QED) is 0.751. The minimum absolute atomic E-state index is 0.0674. The summed E-state index contributed by atoms with van der Waals surface area (Å²) in [5, 5.41) is 3.46. The number of amides is 2. The monoisotopic (exact) mass is 390 g/mol. The molecular weight excluding hydrogens is 368 g/mol. The summed E-state index contributed by atoms with van der Waals surface area (Å²) < 4.78 is 10.3. The normalized spacial score (nSPS) is 10.2. The molecule has 0 aliphatic rings. The van der Waals surface area contributed by atoms with Crippen molar-refractivity contribution in [3.63, 3.8) is 0 Å². The number of hydrogen-bond donors (Lipinski definition) is 1. The molecule has 0 unspecified atom stereocenters. The molecule has 0 heterocycles. The number of carbonyl (C=O) groups is 2. The summed E-state index contributed by atoms with van der Waals surface area (Å²) in [6, 6.07) is 12.3. The zero-order valence-corrected chi connectivity index (χ0v) is 16.4. The van der Waals surface area contributed by atoms with Crippen LogP contribution in [0.2, 0.25) is 5.02 Å². The molecule has 0 radical (unpaired) electrons. The molecule has 7 heteroatoms. The zero-order valence-electron chi connectivity index (χ0n) is 15.6. The first-order chi connectivity index (χ1) is 12.9. The number of nitrogens with zero attached hydrogens (tertiary/aromatic N) is 1. The van der Waals surface area contributed by atoms with Crippen molar-refractivity contribution in [2.24, 2.45) is 0 Å². The van der Waals surface area contributed by atoms with Crippen LogP contribution < -0.4 is 14.8 Å². The lowest BCUT2D eigenvalue weighted by molar-refractivity contribution is -0.129. The highest BCUT2D eigenvalue weighted by atomic mass is 35.5. The lowest BCUT2D eigenvalue weighted by Gasteiger charge is -2.21. The summed E-state index contributed by atoms with van der Waals surface area (Å²) in [5.41, 5.74) is 1.40. The van der Waals surface area contributed by atoms with E-state index in [1.165, 1.54) is 21.1 Å². The summed E-state index contributed by atoms with van der Waals surface area (Å²) in [7, 11) is 3.05. The Hall–Kier alpha value is -2.73. The first-order valence-corrected chi connectivity index (χ1v) is 8.82. The molecule has 27 heavy (non-hydrogen) atoms. The van der Waals surface area contributed by atoms with Gasteiger partial charge in [0.25, 0.3) is 5.91 Å². The van der Waals surface area contributed by atoms with Gasteiger partial charge in [0.1, 0.15) is 11.5 Å². The topological polar surface area (TPSA) is 67.9 Å². The SMILES string of the molecule is COc1cc(OC)cc(C(=O)NCCN(Cc2ccc(Cl)cc2)C(C)=O)c1. The third-order valence-corrected chi connectivity index (χ3v) is 4.26. The van der Waals surface area contributed by atoms with Gasteiger partial charge in [-0.15, -0.1) is 0 Å². The number of nitrogens with one attached hydrogen (secondary N) is 1. The highest BCUT2D eigenvalue weighted by Gasteiger charge is 2.12. The maximum Gasteiger partial charge on any atom is 0.251 e. The summed E-state index contributed by atoms with van der Waals surface area (Å²) in [4.78, 5) is 25.9. The van der Waals surface area contributed by atoms with Crippen LogP contribution in [0.25, 0.3) is 0 Å². The molecule has 0 bridgehead atoms. The fraction of sp³-hybridized carbons (Fsp3) is 0.300. The second kappa shape index (κ2) is 9.83. The molecule has 6 nitrogen and oxygen atoms in total. The lowest BCUT2D eigenvalue weighted by atomic mass is 10.2. The van der Waals surface area contributed by atoms with E-state index in [1.54, 1.807) is 35.2 Å². The van der Waals surface area contributed by atoms with Gasteiger partial charge in [0.2, 0.25) is 5.91 Å². The summed E-state index contributed by atoms with van der Waals surface area (Å²) >= 11 is 5.88. The smallest absolute Gasteiger partial charge is 0.251 e. The van der Waals surface area contributed by atoms with E-state index >= 15 is 0 Å². The molecule has 2 aromatic rings. The zero-order chi connectivity index (χ0) is 19.8. The molecule has 0 spiro atoms. The molecule has 2 amide bonds. The minimum Gasteiger partial charge on any atom is -0.497 e. The van der Waals surface area contributed by atoms with Gasteiger partial charge < -0.3 is 19.7 Å². The van der Waals surface area contributed by atoms with Crippen LogP contribution in [0.15, 0.2) is 42.5 Å². The van der Waals surface area contributed by atoms with Gasteiger partial charge in [0.15, 0.2) is 0 Å². The van der Waals surface area contributed by atoms with Gasteiger partial charge in [-0.3, -0.25) is 9.59 Å². The highest BCUT2D eigenvalue weighted by Crippen LogP contribution is 2.22. The van der Waals surface area contributed by atoms with E-state index in [2.05, 4.69) is 5.32 Å². The van der Waals surface area contributed by atoms with Gasteiger partial charge in [-0.05, 0) is 29.8 Å². The van der Waals surface area contributed by atoms with Crippen LogP contribution in [-0.2, 0) is 11.3 Å². The predicted octanol–water partition coefficient (Wildman–Crippen LogP) is 3.14. The van der Waals surface area contributed by atoms with Gasteiger partial charge >= 0.3 is 0 Å². The van der Waals surface area contributed by atoms with Crippen molar-refractivity contribution in [3.8, 4) is 11.5 Å². The molecule has 2 rings (SSSR count). The van der Waals surface area contributed by atoms with E-state index in [0.717, 1.165) is 5.56 Å². The summed E-state index contributed by atoms with van der Waals surface area (Å²) in [6.45, 7) is 2.68. The Morgan fingerprint density at radius 1 is 1.04 bits per heavy atom. The van der Waals surface area contributed by atoms with E-state index in [1.807, 2.05) is 12.1 Å². The Morgan fingerprint density at radius 2 is 1.63 bits per heavy atom. The highest BCUT2D eigenvalue weighted by molar-refractivity contribution is 6.30. The molecule has 2 aromatic carbocycles. The minimum atomic E-state index is -0.262. The number of benzene rings is 2. The van der Waals surface area contributed by atoms with Gasteiger partial charge in [0.05, 0.1) is 14.2 Å². The lowest BCUT2D eigenvalue weighted by Crippen LogP contribution is -2.37. The molecule has 144 valence electrons. The molecule has 0 aromatic heterocycles. The number of ether oxygens (including phenoxy) is 2. The maximum absolute atomic E-state index is 12.4. The van der Waals surface area contributed by atoms with Crippen LogP contribution in [0.1, 0.15) is 22.8 Å². The Kier molecular flexibility index (Phi) is 7.49. The Bertz CT molecular complexity index is 771. The third-order valence-electron chi connectivity index (χ3n) is 4.01. The number of rotatable bonds is 8. The fourth-order valence-electron chi connectivity index (χ4n) is 2.50. The molecule has 0 saturated heterocycles. The van der Waals surface area contributed by atoms with Gasteiger partial charge in [0, 0.05) is 43.2 Å². The Morgan fingerprint density at radius 3 is 2.15 bits per heavy atom. The molecule has 0 aliphatic heterocycles. The Labute approximate surface area is 164 Å². The van der Waals surface area contributed by atoms with Crippen LogP contribution in [0, 0.1) is 0 Å². The maximum atomic E-state index is 12.4. The van der Waals surface area contributed by atoms with E-state index in [4.69, 9.17) is 21.1 Å². The van der Waals surface area contributed by atoms with Crippen molar-refractivity contribution in [2.45, 2.75) is 13.5 Å². The van der Waals surface area contributed by atoms with Crippen molar-refractivity contribution in [2.75, 3.05) is 27.3 Å². The third kappa shape index (κ3) is 6.18. The fourth-order valence-corrected chi connectivity index (χ4v) is 2.63. The van der Waals surface area contributed by atoms with Crippen molar-refractivity contribution in [1.82, 2.24) is 10.2 Å². The molecule has 1 N–H and O–H groups in total. The molecule has 0 fully saturated rings. The number of carbonyl (C=O) groups excluding carboxylic acids is 2. The van der Waals surface area contributed by atoms with Crippen molar-refractivity contribution in [3.05, 3.63) is 58.6 Å². The standard InChI is InChI=1S/C20H23ClN2O4/c1-14(24)23(13-15-4-6-17(21)7-5-15)9-8-22-20(25)16-10-18(26-2)12-19(11-16)27-3/h4-7,10-12H,8-9,13H2,1-3H3,(H,22,25). The Balaban J connectivity index is 1.95. The summed E-state index contributed by atoms with van der Waals surface area (Å²) in [5.74, 6) is 0.740. The van der Waals surface area contributed by atoms with Gasteiger partial charge in [-0.25, -0.2) is 0 Å². The average Bonchev–Trinajstić information content (AvgIpc) is 2.67. The van der Waals surface area contributed by atoms with Crippen LogP contribution in [0.4, 0.5) is 0 Å². The first-order valence-electron chi connectivity index (χ1n) is 8.44. The first kappa shape index (κ1) is 20.6. The molecule has 0 aliphatic carbocycles. The van der Waals surface area contributed by atoms with Crippen LogP contribution in [0.3, 0.4) is 0 Å². The predicted molar refractivity (Wildman–Crippen MR) is 104 cm³/mol. The number of methoxy groups -OCH3 is 2. The summed E-state index contributed by atoms with van der Waals surface area (Å²) in [6.07, 6.45) is 0.